The summed E-state index contributed by atoms with van der Waals surface area (Å²) in [4.78, 5) is 9.72. The van der Waals surface area contributed by atoms with Crippen molar-refractivity contribution >= 4 is 22.9 Å². The molecule has 0 aliphatic heterocycles. The Hall–Kier alpha value is -0.930. The highest BCUT2D eigenvalue weighted by Crippen LogP contribution is 2.28. The maximum Gasteiger partial charge on any atom is 0.125 e. The summed E-state index contributed by atoms with van der Waals surface area (Å²) in [6.07, 6.45) is 3.70. The van der Waals surface area contributed by atoms with Gasteiger partial charge in [0.05, 0.1) is 5.88 Å². The second-order valence-corrected chi connectivity index (χ2v) is 4.79. The fraction of sp³-hybridized carbons (Fsp3) is 0.273. The number of rotatable bonds is 2. The summed E-state index contributed by atoms with van der Waals surface area (Å²) in [6, 6.07) is 2.07. The third-order valence-electron chi connectivity index (χ3n) is 2.16. The highest BCUT2D eigenvalue weighted by molar-refractivity contribution is 7.15. The molecule has 0 aromatic carbocycles. The van der Waals surface area contributed by atoms with Crippen LogP contribution < -0.4 is 0 Å². The van der Waals surface area contributed by atoms with E-state index in [4.69, 9.17) is 11.6 Å². The van der Waals surface area contributed by atoms with E-state index < -0.39 is 0 Å². The Morgan fingerprint density at radius 1 is 1.27 bits per heavy atom. The Bertz CT molecular complexity index is 479. The molecule has 15 heavy (non-hydrogen) atoms. The number of nitrogens with zero attached hydrogens (tertiary/aromatic N) is 2. The Morgan fingerprint density at radius 3 is 2.67 bits per heavy atom. The van der Waals surface area contributed by atoms with E-state index in [1.807, 2.05) is 19.3 Å². The zero-order chi connectivity index (χ0) is 10.8. The topological polar surface area (TPSA) is 25.8 Å². The van der Waals surface area contributed by atoms with Gasteiger partial charge in [-0.25, -0.2) is 4.98 Å². The van der Waals surface area contributed by atoms with Gasteiger partial charge in [-0.1, -0.05) is 0 Å². The first kappa shape index (κ1) is 10.6. The van der Waals surface area contributed by atoms with Crippen molar-refractivity contribution in [1.29, 1.82) is 0 Å². The first-order valence-electron chi connectivity index (χ1n) is 4.65. The molecule has 2 heterocycles. The SMILES string of the molecule is Cc1cc(C)c(-c2ncc(CCl)s2)cn1. The second kappa shape index (κ2) is 4.29. The van der Waals surface area contributed by atoms with Crippen LogP contribution in [-0.4, -0.2) is 9.97 Å². The van der Waals surface area contributed by atoms with Crippen LogP contribution in [0.2, 0.25) is 0 Å². The van der Waals surface area contributed by atoms with Gasteiger partial charge < -0.3 is 0 Å². The molecule has 0 radical (unpaired) electrons. The van der Waals surface area contributed by atoms with Crippen LogP contribution in [-0.2, 0) is 5.88 Å². The molecule has 0 spiro atoms. The third-order valence-corrected chi connectivity index (χ3v) is 3.64. The number of alkyl halides is 1. The maximum atomic E-state index is 5.75. The number of hydrogen-bond acceptors (Lipinski definition) is 3. The van der Waals surface area contributed by atoms with E-state index in [-0.39, 0.29) is 0 Å². The van der Waals surface area contributed by atoms with Gasteiger partial charge >= 0.3 is 0 Å². The molecule has 0 unspecified atom stereocenters. The number of pyridine rings is 1. The smallest absolute Gasteiger partial charge is 0.125 e. The van der Waals surface area contributed by atoms with Gasteiger partial charge in [0, 0.05) is 28.5 Å². The number of thiazole rings is 1. The van der Waals surface area contributed by atoms with E-state index >= 15 is 0 Å². The highest BCUT2D eigenvalue weighted by Gasteiger charge is 2.07. The lowest BCUT2D eigenvalue weighted by atomic mass is 10.1. The second-order valence-electron chi connectivity index (χ2n) is 3.41. The molecule has 0 N–H and O–H groups in total. The molecule has 0 aliphatic rings. The fourth-order valence-corrected chi connectivity index (χ4v) is 2.48. The van der Waals surface area contributed by atoms with Crippen LogP contribution in [0.25, 0.3) is 10.6 Å². The Morgan fingerprint density at radius 2 is 2.07 bits per heavy atom. The lowest BCUT2D eigenvalue weighted by Crippen LogP contribution is -1.87. The van der Waals surface area contributed by atoms with Gasteiger partial charge in [-0.15, -0.1) is 22.9 Å². The van der Waals surface area contributed by atoms with Crippen LogP contribution in [0.15, 0.2) is 18.5 Å². The first-order chi connectivity index (χ1) is 7.20. The molecule has 2 nitrogen and oxygen atoms in total. The van der Waals surface area contributed by atoms with Gasteiger partial charge in [-0.2, -0.15) is 0 Å². The monoisotopic (exact) mass is 238 g/mol. The molecule has 0 saturated heterocycles. The molecule has 0 fully saturated rings. The summed E-state index contributed by atoms with van der Waals surface area (Å²) in [5.74, 6) is 0.524. The Balaban J connectivity index is 2.44. The number of aromatic nitrogens is 2. The molecule has 4 heteroatoms. The van der Waals surface area contributed by atoms with E-state index in [1.54, 1.807) is 11.3 Å². The number of hydrogen-bond donors (Lipinski definition) is 0. The maximum absolute atomic E-state index is 5.75. The largest absolute Gasteiger partial charge is 0.261 e. The highest BCUT2D eigenvalue weighted by atomic mass is 35.5. The van der Waals surface area contributed by atoms with E-state index in [0.29, 0.717) is 5.88 Å². The van der Waals surface area contributed by atoms with Crippen molar-refractivity contribution in [3.8, 4) is 10.6 Å². The van der Waals surface area contributed by atoms with Crippen molar-refractivity contribution in [2.24, 2.45) is 0 Å². The molecular formula is C11H11ClN2S. The van der Waals surface area contributed by atoms with Gasteiger partial charge in [-0.05, 0) is 25.5 Å². The third kappa shape index (κ3) is 2.19. The molecule has 2 aromatic rings. The summed E-state index contributed by atoms with van der Waals surface area (Å²) in [6.45, 7) is 4.06. The predicted octanol–water partition coefficient (Wildman–Crippen LogP) is 3.56. The molecule has 0 bridgehead atoms. The standard InChI is InChI=1S/C11H11ClN2S/c1-7-3-8(2)13-6-10(7)11-14-5-9(4-12)15-11/h3,5-6H,4H2,1-2H3. The van der Waals surface area contributed by atoms with Crippen LogP contribution in [0.1, 0.15) is 16.1 Å². The lowest BCUT2D eigenvalue weighted by Gasteiger charge is -2.01. The van der Waals surface area contributed by atoms with Gasteiger partial charge in [0.2, 0.25) is 0 Å². The fourth-order valence-electron chi connectivity index (χ4n) is 1.41. The summed E-state index contributed by atoms with van der Waals surface area (Å²) >= 11 is 7.37. The average molecular weight is 239 g/mol. The van der Waals surface area contributed by atoms with Gasteiger partial charge in [-0.3, -0.25) is 4.98 Å². The van der Waals surface area contributed by atoms with E-state index in [0.717, 1.165) is 21.1 Å². The first-order valence-corrected chi connectivity index (χ1v) is 6.00. The molecule has 0 atom stereocenters. The minimum atomic E-state index is 0.524. The minimum Gasteiger partial charge on any atom is -0.261 e. The van der Waals surface area contributed by atoms with Crippen LogP contribution in [0.5, 0.6) is 0 Å². The molecule has 2 aromatic heterocycles. The van der Waals surface area contributed by atoms with Gasteiger partial charge in [0.1, 0.15) is 5.01 Å². The molecule has 0 saturated carbocycles. The van der Waals surface area contributed by atoms with Crippen molar-refractivity contribution in [2.45, 2.75) is 19.7 Å². The minimum absolute atomic E-state index is 0.524. The average Bonchev–Trinajstić information content (AvgIpc) is 2.66. The van der Waals surface area contributed by atoms with Crippen molar-refractivity contribution in [3.05, 3.63) is 34.6 Å². The van der Waals surface area contributed by atoms with E-state index in [9.17, 15) is 0 Å². The quantitative estimate of drug-likeness (QED) is 0.748. The zero-order valence-electron chi connectivity index (χ0n) is 8.62. The molecule has 0 aliphatic carbocycles. The number of halogens is 1. The number of aryl methyl sites for hydroxylation is 2. The summed E-state index contributed by atoms with van der Waals surface area (Å²) in [5.41, 5.74) is 3.34. The Labute approximate surface area is 98.0 Å². The normalized spacial score (nSPS) is 10.6. The van der Waals surface area contributed by atoms with Crippen molar-refractivity contribution in [2.75, 3.05) is 0 Å². The van der Waals surface area contributed by atoms with Crippen LogP contribution in [0, 0.1) is 13.8 Å². The van der Waals surface area contributed by atoms with Crippen LogP contribution >= 0.6 is 22.9 Å². The molecule has 0 amide bonds. The molecule has 78 valence electrons. The van der Waals surface area contributed by atoms with Gasteiger partial charge in [0.25, 0.3) is 0 Å². The van der Waals surface area contributed by atoms with Crippen LogP contribution in [0.4, 0.5) is 0 Å². The lowest BCUT2D eigenvalue weighted by molar-refractivity contribution is 1.17. The Kier molecular flexibility index (Phi) is 3.03. The van der Waals surface area contributed by atoms with Crippen molar-refractivity contribution in [3.63, 3.8) is 0 Å². The van der Waals surface area contributed by atoms with Crippen LogP contribution in [0.3, 0.4) is 0 Å². The van der Waals surface area contributed by atoms with E-state index in [2.05, 4.69) is 23.0 Å². The molecular weight excluding hydrogens is 228 g/mol. The summed E-state index contributed by atoms with van der Waals surface area (Å²) in [7, 11) is 0. The van der Waals surface area contributed by atoms with Gasteiger partial charge in [0.15, 0.2) is 0 Å². The molecule has 2 rings (SSSR count). The zero-order valence-corrected chi connectivity index (χ0v) is 10.2. The summed E-state index contributed by atoms with van der Waals surface area (Å²) in [5, 5.41) is 0.996. The predicted molar refractivity (Wildman–Crippen MR) is 64.4 cm³/mol. The van der Waals surface area contributed by atoms with E-state index in [1.165, 1.54) is 5.56 Å². The summed E-state index contributed by atoms with van der Waals surface area (Å²) < 4.78 is 0. The van der Waals surface area contributed by atoms with Crippen molar-refractivity contribution < 1.29 is 0 Å². The van der Waals surface area contributed by atoms with Crippen molar-refractivity contribution in [1.82, 2.24) is 9.97 Å².